The SMILES string of the molecule is C=Cc1ccc2cnn(C(c3ccccc3)(c3ccccc3)c3ccccc3)c2c1. The van der Waals surface area contributed by atoms with E-state index < -0.39 is 5.54 Å². The first-order chi connectivity index (χ1) is 14.8. The van der Waals surface area contributed by atoms with Crippen LogP contribution in [0, 0.1) is 0 Å². The highest BCUT2D eigenvalue weighted by Crippen LogP contribution is 2.42. The largest absolute Gasteiger partial charge is 0.245 e. The van der Waals surface area contributed by atoms with Crippen LogP contribution in [0.25, 0.3) is 17.0 Å². The lowest BCUT2D eigenvalue weighted by Gasteiger charge is -2.37. The monoisotopic (exact) mass is 386 g/mol. The highest BCUT2D eigenvalue weighted by atomic mass is 15.3. The second kappa shape index (κ2) is 7.49. The first-order valence-electron chi connectivity index (χ1n) is 10.1. The van der Waals surface area contributed by atoms with Gasteiger partial charge in [-0.25, -0.2) is 4.68 Å². The summed E-state index contributed by atoms with van der Waals surface area (Å²) in [4.78, 5) is 0. The minimum Gasteiger partial charge on any atom is -0.245 e. The lowest BCUT2D eigenvalue weighted by atomic mass is 9.77. The lowest BCUT2D eigenvalue weighted by Crippen LogP contribution is -2.38. The van der Waals surface area contributed by atoms with Crippen LogP contribution >= 0.6 is 0 Å². The molecule has 2 heteroatoms. The molecule has 0 aliphatic rings. The summed E-state index contributed by atoms with van der Waals surface area (Å²) in [6.07, 6.45) is 3.83. The number of hydrogen-bond acceptors (Lipinski definition) is 1. The molecule has 2 nitrogen and oxygen atoms in total. The van der Waals surface area contributed by atoms with Crippen molar-refractivity contribution in [2.45, 2.75) is 5.54 Å². The van der Waals surface area contributed by atoms with E-state index in [9.17, 15) is 0 Å². The molecular weight excluding hydrogens is 364 g/mol. The van der Waals surface area contributed by atoms with Crippen LogP contribution in [0.3, 0.4) is 0 Å². The van der Waals surface area contributed by atoms with Crippen molar-refractivity contribution >= 4 is 17.0 Å². The van der Waals surface area contributed by atoms with Gasteiger partial charge in [0.15, 0.2) is 0 Å². The highest BCUT2D eigenvalue weighted by Gasteiger charge is 2.40. The molecule has 1 aromatic heterocycles. The van der Waals surface area contributed by atoms with Gasteiger partial charge >= 0.3 is 0 Å². The van der Waals surface area contributed by atoms with Crippen molar-refractivity contribution < 1.29 is 0 Å². The van der Waals surface area contributed by atoms with Gasteiger partial charge in [0, 0.05) is 5.39 Å². The third-order valence-electron chi connectivity index (χ3n) is 5.72. The summed E-state index contributed by atoms with van der Waals surface area (Å²) in [6.45, 7) is 3.96. The Morgan fingerprint density at radius 2 is 1.17 bits per heavy atom. The molecule has 4 aromatic carbocycles. The molecule has 5 aromatic rings. The van der Waals surface area contributed by atoms with Gasteiger partial charge < -0.3 is 0 Å². The number of hydrogen-bond donors (Lipinski definition) is 0. The number of rotatable bonds is 5. The van der Waals surface area contributed by atoms with Crippen LogP contribution in [0.5, 0.6) is 0 Å². The quantitative estimate of drug-likeness (QED) is 0.314. The van der Waals surface area contributed by atoms with Crippen molar-refractivity contribution in [2.24, 2.45) is 0 Å². The van der Waals surface area contributed by atoms with E-state index in [1.165, 1.54) is 0 Å². The van der Waals surface area contributed by atoms with Gasteiger partial charge in [-0.05, 0) is 28.3 Å². The van der Waals surface area contributed by atoms with Crippen LogP contribution in [0.2, 0.25) is 0 Å². The zero-order valence-corrected chi connectivity index (χ0v) is 16.6. The summed E-state index contributed by atoms with van der Waals surface area (Å²) in [5, 5.41) is 6.06. The molecule has 0 bridgehead atoms. The van der Waals surface area contributed by atoms with Gasteiger partial charge in [-0.3, -0.25) is 0 Å². The summed E-state index contributed by atoms with van der Waals surface area (Å²) < 4.78 is 2.16. The van der Waals surface area contributed by atoms with E-state index in [0.717, 1.165) is 33.2 Å². The normalized spacial score (nSPS) is 11.5. The summed E-state index contributed by atoms with van der Waals surface area (Å²) in [6, 6.07) is 38.2. The fourth-order valence-electron chi connectivity index (χ4n) is 4.33. The van der Waals surface area contributed by atoms with Crippen molar-refractivity contribution in [1.29, 1.82) is 0 Å². The van der Waals surface area contributed by atoms with E-state index in [0.29, 0.717) is 0 Å². The predicted octanol–water partition coefficient (Wildman–Crippen LogP) is 6.52. The minimum absolute atomic E-state index is 0.606. The minimum atomic E-state index is -0.606. The second-order valence-electron chi connectivity index (χ2n) is 7.39. The maximum atomic E-state index is 4.95. The van der Waals surface area contributed by atoms with Crippen molar-refractivity contribution in [1.82, 2.24) is 9.78 Å². The van der Waals surface area contributed by atoms with Crippen LogP contribution in [-0.4, -0.2) is 9.78 Å². The fraction of sp³-hybridized carbons (Fsp3) is 0.0357. The van der Waals surface area contributed by atoms with Gasteiger partial charge in [-0.1, -0.05) is 116 Å². The number of fused-ring (bicyclic) bond motifs is 1. The Morgan fingerprint density at radius 3 is 1.63 bits per heavy atom. The van der Waals surface area contributed by atoms with E-state index in [1.807, 2.05) is 12.3 Å². The molecule has 144 valence electrons. The zero-order chi connectivity index (χ0) is 20.4. The topological polar surface area (TPSA) is 17.8 Å². The van der Waals surface area contributed by atoms with Crippen LogP contribution in [0.15, 0.2) is 122 Å². The number of benzene rings is 4. The van der Waals surface area contributed by atoms with Crippen molar-refractivity contribution in [3.8, 4) is 0 Å². The molecular formula is C28H22N2. The Balaban J connectivity index is 1.96. The smallest absolute Gasteiger partial charge is 0.138 e. The van der Waals surface area contributed by atoms with E-state index >= 15 is 0 Å². The fourth-order valence-corrected chi connectivity index (χ4v) is 4.33. The van der Waals surface area contributed by atoms with Crippen molar-refractivity contribution in [2.75, 3.05) is 0 Å². The van der Waals surface area contributed by atoms with Gasteiger partial charge in [0.25, 0.3) is 0 Å². The molecule has 0 saturated heterocycles. The maximum absolute atomic E-state index is 4.95. The second-order valence-corrected chi connectivity index (χ2v) is 7.39. The zero-order valence-electron chi connectivity index (χ0n) is 16.6. The average molecular weight is 386 g/mol. The Labute approximate surface area is 176 Å². The first kappa shape index (κ1) is 18.1. The van der Waals surface area contributed by atoms with Gasteiger partial charge in [0.1, 0.15) is 5.54 Å². The summed E-state index contributed by atoms with van der Waals surface area (Å²) in [7, 11) is 0. The molecule has 0 unspecified atom stereocenters. The predicted molar refractivity (Wildman–Crippen MR) is 124 cm³/mol. The molecule has 0 aliphatic heterocycles. The van der Waals surface area contributed by atoms with E-state index in [1.54, 1.807) is 0 Å². The van der Waals surface area contributed by atoms with Crippen LogP contribution < -0.4 is 0 Å². The molecule has 0 N–H and O–H groups in total. The lowest BCUT2D eigenvalue weighted by molar-refractivity contribution is 0.476. The summed E-state index contributed by atoms with van der Waals surface area (Å²) in [5.41, 5.74) is 5.03. The van der Waals surface area contributed by atoms with E-state index in [2.05, 4.69) is 120 Å². The van der Waals surface area contributed by atoms with Gasteiger partial charge in [-0.2, -0.15) is 5.10 Å². The Morgan fingerprint density at radius 1 is 0.667 bits per heavy atom. The molecule has 0 aliphatic carbocycles. The van der Waals surface area contributed by atoms with Gasteiger partial charge in [0.05, 0.1) is 11.7 Å². The molecule has 1 heterocycles. The van der Waals surface area contributed by atoms with E-state index in [4.69, 9.17) is 5.10 Å². The maximum Gasteiger partial charge on any atom is 0.138 e. The molecule has 5 rings (SSSR count). The third-order valence-corrected chi connectivity index (χ3v) is 5.72. The number of aromatic nitrogens is 2. The standard InChI is InChI=1S/C28H22N2/c1-2-22-18-19-23-21-29-30(27(23)20-22)28(24-12-6-3-7-13-24,25-14-8-4-9-15-25)26-16-10-5-11-17-26/h2-21H,1H2. The summed E-state index contributed by atoms with van der Waals surface area (Å²) >= 11 is 0. The van der Waals surface area contributed by atoms with Crippen LogP contribution in [0.1, 0.15) is 22.3 Å². The van der Waals surface area contributed by atoms with Crippen LogP contribution in [0.4, 0.5) is 0 Å². The first-order valence-corrected chi connectivity index (χ1v) is 10.1. The van der Waals surface area contributed by atoms with E-state index in [-0.39, 0.29) is 0 Å². The van der Waals surface area contributed by atoms with Crippen LogP contribution in [-0.2, 0) is 5.54 Å². The molecule has 0 spiro atoms. The molecule has 0 fully saturated rings. The molecule has 0 radical (unpaired) electrons. The average Bonchev–Trinajstić information content (AvgIpc) is 3.25. The highest BCUT2D eigenvalue weighted by molar-refractivity contribution is 5.82. The Bertz CT molecular complexity index is 1190. The third kappa shape index (κ3) is 2.77. The molecule has 0 amide bonds. The van der Waals surface area contributed by atoms with Crippen molar-refractivity contribution in [3.05, 3.63) is 144 Å². The number of nitrogens with zero attached hydrogens (tertiary/aromatic N) is 2. The summed E-state index contributed by atoms with van der Waals surface area (Å²) in [5.74, 6) is 0. The Kier molecular flexibility index (Phi) is 4.53. The molecule has 0 atom stereocenters. The molecule has 30 heavy (non-hydrogen) atoms. The molecule has 0 saturated carbocycles. The Hall–Kier alpha value is -3.91. The van der Waals surface area contributed by atoms with Gasteiger partial charge in [-0.15, -0.1) is 0 Å². The van der Waals surface area contributed by atoms with Crippen molar-refractivity contribution in [3.63, 3.8) is 0 Å². The van der Waals surface area contributed by atoms with Gasteiger partial charge in [0.2, 0.25) is 0 Å².